The molecule has 0 spiro atoms. The van der Waals surface area contributed by atoms with Gasteiger partial charge in [-0.15, -0.1) is 0 Å². The predicted octanol–water partition coefficient (Wildman–Crippen LogP) is 2.38. The third-order valence-electron chi connectivity index (χ3n) is 4.75. The summed E-state index contributed by atoms with van der Waals surface area (Å²) in [4.78, 5) is 35.3. The molecule has 28 heavy (non-hydrogen) atoms. The Balaban J connectivity index is 1.47. The average molecular weight is 376 g/mol. The molecule has 0 fully saturated rings. The summed E-state index contributed by atoms with van der Waals surface area (Å²) >= 11 is 0. The van der Waals surface area contributed by atoms with Crippen molar-refractivity contribution in [2.45, 2.75) is 26.1 Å². The fraction of sp³-hybridized carbons (Fsp3) is 0.238. The molecule has 1 aromatic carbocycles. The number of fused-ring (bicyclic) bond motifs is 1. The number of hydrogen-bond donors (Lipinski definition) is 0. The molecule has 0 N–H and O–H groups in total. The molecule has 4 rings (SSSR count). The second-order valence-electron chi connectivity index (χ2n) is 6.67. The summed E-state index contributed by atoms with van der Waals surface area (Å²) in [6, 6.07) is 13.3. The standard InChI is InChI=1S/C21H20N4O3/c26-20-18-13-24(21(27)28-14-17-6-9-22-10-7-17)11-8-19(18)23-15-25(20)12-16-4-2-1-3-5-16/h1-7,9-10,15H,8,11-14H2. The first kappa shape index (κ1) is 17.9. The molecule has 0 saturated heterocycles. The maximum absolute atomic E-state index is 12.9. The van der Waals surface area contributed by atoms with Gasteiger partial charge in [-0.05, 0) is 23.3 Å². The van der Waals surface area contributed by atoms with E-state index in [-0.39, 0.29) is 18.7 Å². The summed E-state index contributed by atoms with van der Waals surface area (Å²) < 4.78 is 6.96. The molecule has 1 aliphatic rings. The first-order valence-corrected chi connectivity index (χ1v) is 9.12. The summed E-state index contributed by atoms with van der Waals surface area (Å²) in [6.45, 7) is 1.33. The van der Waals surface area contributed by atoms with Gasteiger partial charge in [-0.2, -0.15) is 0 Å². The van der Waals surface area contributed by atoms with Crippen molar-refractivity contribution in [2.24, 2.45) is 0 Å². The highest BCUT2D eigenvalue weighted by Gasteiger charge is 2.25. The monoisotopic (exact) mass is 376 g/mol. The second kappa shape index (κ2) is 8.04. The van der Waals surface area contributed by atoms with Gasteiger partial charge < -0.3 is 9.64 Å². The van der Waals surface area contributed by atoms with Crippen LogP contribution in [0.2, 0.25) is 0 Å². The van der Waals surface area contributed by atoms with Crippen LogP contribution in [0.25, 0.3) is 0 Å². The van der Waals surface area contributed by atoms with Crippen LogP contribution in [0.4, 0.5) is 4.79 Å². The van der Waals surface area contributed by atoms with E-state index in [0.717, 1.165) is 16.8 Å². The molecular formula is C21H20N4O3. The molecule has 7 heteroatoms. The average Bonchev–Trinajstić information content (AvgIpc) is 2.75. The van der Waals surface area contributed by atoms with Crippen molar-refractivity contribution < 1.29 is 9.53 Å². The van der Waals surface area contributed by atoms with Gasteiger partial charge >= 0.3 is 6.09 Å². The van der Waals surface area contributed by atoms with Gasteiger partial charge in [0.05, 0.1) is 30.7 Å². The lowest BCUT2D eigenvalue weighted by Crippen LogP contribution is -2.41. The zero-order valence-corrected chi connectivity index (χ0v) is 15.3. The van der Waals surface area contributed by atoms with Gasteiger partial charge in [0.15, 0.2) is 0 Å². The smallest absolute Gasteiger partial charge is 0.410 e. The zero-order valence-electron chi connectivity index (χ0n) is 15.3. The maximum atomic E-state index is 12.9. The van der Waals surface area contributed by atoms with Crippen molar-refractivity contribution in [1.82, 2.24) is 19.4 Å². The summed E-state index contributed by atoms with van der Waals surface area (Å²) in [7, 11) is 0. The van der Waals surface area contributed by atoms with Crippen molar-refractivity contribution in [3.63, 3.8) is 0 Å². The van der Waals surface area contributed by atoms with Gasteiger partial charge in [0.2, 0.25) is 0 Å². The largest absolute Gasteiger partial charge is 0.445 e. The van der Waals surface area contributed by atoms with Crippen molar-refractivity contribution in [2.75, 3.05) is 6.54 Å². The molecule has 0 saturated carbocycles. The van der Waals surface area contributed by atoms with Crippen LogP contribution in [0, 0.1) is 0 Å². The van der Waals surface area contributed by atoms with Crippen LogP contribution in [0.5, 0.6) is 0 Å². The Bertz CT molecular complexity index is 1020. The topological polar surface area (TPSA) is 77.3 Å². The van der Waals surface area contributed by atoms with E-state index in [1.807, 2.05) is 30.3 Å². The third-order valence-corrected chi connectivity index (χ3v) is 4.75. The Kier molecular flexibility index (Phi) is 5.14. The molecular weight excluding hydrogens is 356 g/mol. The number of hydrogen-bond acceptors (Lipinski definition) is 5. The van der Waals surface area contributed by atoms with Crippen LogP contribution in [0.15, 0.2) is 66.0 Å². The lowest BCUT2D eigenvalue weighted by atomic mass is 10.1. The molecule has 0 aliphatic carbocycles. The van der Waals surface area contributed by atoms with Gasteiger partial charge in [0, 0.05) is 25.4 Å². The minimum atomic E-state index is -0.430. The fourth-order valence-corrected chi connectivity index (χ4v) is 3.22. The van der Waals surface area contributed by atoms with Crippen molar-refractivity contribution in [1.29, 1.82) is 0 Å². The summed E-state index contributed by atoms with van der Waals surface area (Å²) in [6.07, 6.45) is 5.01. The van der Waals surface area contributed by atoms with E-state index in [2.05, 4.69) is 9.97 Å². The van der Waals surface area contributed by atoms with Gasteiger partial charge in [0.25, 0.3) is 5.56 Å². The molecule has 1 amide bonds. The molecule has 0 atom stereocenters. The minimum absolute atomic E-state index is 0.111. The van der Waals surface area contributed by atoms with Crippen LogP contribution in [-0.4, -0.2) is 32.1 Å². The molecule has 2 aromatic heterocycles. The van der Waals surface area contributed by atoms with E-state index in [4.69, 9.17) is 4.74 Å². The molecule has 0 radical (unpaired) electrons. The second-order valence-corrected chi connectivity index (χ2v) is 6.67. The molecule has 1 aliphatic heterocycles. The first-order valence-electron chi connectivity index (χ1n) is 9.12. The normalized spacial score (nSPS) is 13.1. The van der Waals surface area contributed by atoms with Crippen molar-refractivity contribution >= 4 is 6.09 Å². The minimum Gasteiger partial charge on any atom is -0.445 e. The number of aromatic nitrogens is 3. The summed E-state index contributed by atoms with van der Waals surface area (Å²) in [5, 5.41) is 0. The van der Waals surface area contributed by atoms with Crippen molar-refractivity contribution in [3.05, 3.63) is 93.9 Å². The Hall–Kier alpha value is -3.48. The Morgan fingerprint density at radius 2 is 1.86 bits per heavy atom. The number of amides is 1. The number of ether oxygens (including phenoxy) is 1. The number of rotatable bonds is 4. The maximum Gasteiger partial charge on any atom is 0.410 e. The summed E-state index contributed by atoms with van der Waals surface area (Å²) in [5.74, 6) is 0. The van der Waals surface area contributed by atoms with Gasteiger partial charge in [-0.25, -0.2) is 9.78 Å². The zero-order chi connectivity index (χ0) is 19.3. The van der Waals surface area contributed by atoms with Crippen LogP contribution >= 0.6 is 0 Å². The van der Waals surface area contributed by atoms with Crippen LogP contribution in [0.3, 0.4) is 0 Å². The SMILES string of the molecule is O=C(OCc1ccncc1)N1CCc2ncn(Cc3ccccc3)c(=O)c2C1. The number of pyridine rings is 1. The highest BCUT2D eigenvalue weighted by atomic mass is 16.6. The lowest BCUT2D eigenvalue weighted by molar-refractivity contribution is 0.0912. The Labute approximate surface area is 162 Å². The summed E-state index contributed by atoms with van der Waals surface area (Å²) in [5.41, 5.74) is 3.10. The first-order chi connectivity index (χ1) is 13.7. The Morgan fingerprint density at radius 3 is 2.64 bits per heavy atom. The van der Waals surface area contributed by atoms with E-state index in [9.17, 15) is 9.59 Å². The van der Waals surface area contributed by atoms with E-state index in [1.54, 1.807) is 40.3 Å². The highest BCUT2D eigenvalue weighted by Crippen LogP contribution is 2.15. The van der Waals surface area contributed by atoms with Gasteiger partial charge in [-0.1, -0.05) is 30.3 Å². The van der Waals surface area contributed by atoms with Gasteiger partial charge in [0.1, 0.15) is 6.61 Å². The lowest BCUT2D eigenvalue weighted by Gasteiger charge is -2.27. The van der Waals surface area contributed by atoms with Crippen LogP contribution in [-0.2, 0) is 30.9 Å². The molecule has 0 bridgehead atoms. The quantitative estimate of drug-likeness (QED) is 0.699. The molecule has 142 valence electrons. The highest BCUT2D eigenvalue weighted by molar-refractivity contribution is 5.68. The predicted molar refractivity (Wildman–Crippen MR) is 103 cm³/mol. The Morgan fingerprint density at radius 1 is 1.07 bits per heavy atom. The van der Waals surface area contributed by atoms with Crippen LogP contribution < -0.4 is 5.56 Å². The van der Waals surface area contributed by atoms with Crippen LogP contribution in [0.1, 0.15) is 22.4 Å². The number of benzene rings is 1. The van der Waals surface area contributed by atoms with E-state index in [0.29, 0.717) is 25.1 Å². The number of carbonyl (C=O) groups excluding carboxylic acids is 1. The molecule has 7 nitrogen and oxygen atoms in total. The van der Waals surface area contributed by atoms with E-state index in [1.165, 1.54) is 0 Å². The third kappa shape index (κ3) is 3.93. The van der Waals surface area contributed by atoms with Gasteiger partial charge in [-0.3, -0.25) is 14.3 Å². The number of carbonyl (C=O) groups is 1. The molecule has 3 heterocycles. The van der Waals surface area contributed by atoms with Crippen molar-refractivity contribution in [3.8, 4) is 0 Å². The molecule has 3 aromatic rings. The van der Waals surface area contributed by atoms with E-state index < -0.39 is 6.09 Å². The molecule has 0 unspecified atom stereocenters. The van der Waals surface area contributed by atoms with E-state index >= 15 is 0 Å². The number of nitrogens with zero attached hydrogens (tertiary/aromatic N) is 4. The fourth-order valence-electron chi connectivity index (χ4n) is 3.22.